The fraction of sp³-hybridized carbons (Fsp3) is 0.333. The minimum Gasteiger partial charge on any atom is -0.493 e. The smallest absolute Gasteiger partial charge is 0.262 e. The lowest BCUT2D eigenvalue weighted by Gasteiger charge is -2.38. The SMILES string of the molecule is COc1ccc(C(=O)N(Cc2cccc(NC(=O)COc3ccccc3)c2)C2CCCCC2N)cc1OC. The molecule has 3 N–H and O–H groups in total. The number of carbonyl (C=O) groups is 2. The Balaban J connectivity index is 1.51. The van der Waals surface area contributed by atoms with Gasteiger partial charge in [-0.3, -0.25) is 9.59 Å². The summed E-state index contributed by atoms with van der Waals surface area (Å²) in [5, 5.41) is 2.88. The quantitative estimate of drug-likeness (QED) is 0.406. The van der Waals surface area contributed by atoms with E-state index in [2.05, 4.69) is 5.32 Å². The monoisotopic (exact) mass is 517 g/mol. The van der Waals surface area contributed by atoms with E-state index in [1.807, 2.05) is 47.4 Å². The zero-order valence-corrected chi connectivity index (χ0v) is 21.9. The van der Waals surface area contributed by atoms with E-state index in [4.69, 9.17) is 19.9 Å². The van der Waals surface area contributed by atoms with Crippen LogP contribution in [0.1, 0.15) is 41.6 Å². The highest BCUT2D eigenvalue weighted by atomic mass is 16.5. The molecule has 0 aliphatic heterocycles. The predicted octanol–water partition coefficient (Wildman–Crippen LogP) is 4.63. The van der Waals surface area contributed by atoms with Crippen LogP contribution in [0.4, 0.5) is 5.69 Å². The van der Waals surface area contributed by atoms with Crippen molar-refractivity contribution in [1.82, 2.24) is 4.90 Å². The first kappa shape index (κ1) is 27.0. The summed E-state index contributed by atoms with van der Waals surface area (Å²) in [5.74, 6) is 1.29. The lowest BCUT2D eigenvalue weighted by Crippen LogP contribution is -2.51. The molecule has 8 heteroatoms. The van der Waals surface area contributed by atoms with E-state index >= 15 is 0 Å². The minimum atomic E-state index is -0.265. The summed E-state index contributed by atoms with van der Waals surface area (Å²) >= 11 is 0. The van der Waals surface area contributed by atoms with Crippen LogP contribution in [0.15, 0.2) is 72.8 Å². The molecule has 1 aliphatic rings. The van der Waals surface area contributed by atoms with Crippen molar-refractivity contribution in [3.05, 3.63) is 83.9 Å². The van der Waals surface area contributed by atoms with E-state index < -0.39 is 0 Å². The number of benzene rings is 3. The van der Waals surface area contributed by atoms with E-state index in [-0.39, 0.29) is 30.5 Å². The number of nitrogens with zero attached hydrogens (tertiary/aromatic N) is 1. The molecule has 1 saturated carbocycles. The molecule has 0 aromatic heterocycles. The van der Waals surface area contributed by atoms with Gasteiger partial charge in [-0.1, -0.05) is 43.2 Å². The fourth-order valence-corrected chi connectivity index (χ4v) is 4.81. The highest BCUT2D eigenvalue weighted by Crippen LogP contribution is 2.30. The Morgan fingerprint density at radius 1 is 0.921 bits per heavy atom. The fourth-order valence-electron chi connectivity index (χ4n) is 4.81. The largest absolute Gasteiger partial charge is 0.493 e. The Hall–Kier alpha value is -4.04. The normalized spacial score (nSPS) is 16.8. The van der Waals surface area contributed by atoms with Crippen molar-refractivity contribution in [2.24, 2.45) is 5.73 Å². The molecule has 2 unspecified atom stereocenters. The van der Waals surface area contributed by atoms with Crippen molar-refractivity contribution in [3.8, 4) is 17.2 Å². The zero-order valence-electron chi connectivity index (χ0n) is 21.9. The van der Waals surface area contributed by atoms with E-state index in [0.29, 0.717) is 35.0 Å². The van der Waals surface area contributed by atoms with Crippen LogP contribution in [0.2, 0.25) is 0 Å². The first-order chi connectivity index (χ1) is 18.5. The number of hydrogen-bond donors (Lipinski definition) is 2. The van der Waals surface area contributed by atoms with Gasteiger partial charge in [0, 0.05) is 29.9 Å². The van der Waals surface area contributed by atoms with E-state index in [0.717, 1.165) is 31.2 Å². The molecule has 200 valence electrons. The molecular formula is C30H35N3O5. The third-order valence-electron chi connectivity index (χ3n) is 6.75. The van der Waals surface area contributed by atoms with Gasteiger partial charge in [-0.15, -0.1) is 0 Å². The van der Waals surface area contributed by atoms with Gasteiger partial charge in [-0.25, -0.2) is 0 Å². The lowest BCUT2D eigenvalue weighted by molar-refractivity contribution is -0.118. The van der Waals surface area contributed by atoms with Crippen molar-refractivity contribution in [2.75, 3.05) is 26.1 Å². The van der Waals surface area contributed by atoms with Gasteiger partial charge in [0.1, 0.15) is 5.75 Å². The molecule has 1 fully saturated rings. The second-order valence-electron chi connectivity index (χ2n) is 9.37. The van der Waals surface area contributed by atoms with E-state index in [1.165, 1.54) is 0 Å². The van der Waals surface area contributed by atoms with Crippen LogP contribution >= 0.6 is 0 Å². The van der Waals surface area contributed by atoms with Crippen LogP contribution in [-0.2, 0) is 11.3 Å². The van der Waals surface area contributed by atoms with Gasteiger partial charge in [-0.05, 0) is 60.9 Å². The van der Waals surface area contributed by atoms with Crippen LogP contribution in [0, 0.1) is 0 Å². The van der Waals surface area contributed by atoms with Crippen molar-refractivity contribution in [1.29, 1.82) is 0 Å². The van der Waals surface area contributed by atoms with Crippen LogP contribution in [-0.4, -0.2) is 49.6 Å². The standard InChI is InChI=1S/C30H35N3O5/c1-36-27-16-15-22(18-28(27)37-2)30(35)33(26-14-7-6-13-25(26)31)19-21-9-8-10-23(17-21)32-29(34)20-38-24-11-4-3-5-12-24/h3-5,8-12,15-18,25-26H,6-7,13-14,19-20,31H2,1-2H3,(H,32,34). The Morgan fingerprint density at radius 3 is 2.42 bits per heavy atom. The second kappa shape index (κ2) is 13.0. The van der Waals surface area contributed by atoms with Gasteiger partial charge in [0.05, 0.1) is 14.2 Å². The van der Waals surface area contributed by atoms with Crippen molar-refractivity contribution < 1.29 is 23.8 Å². The van der Waals surface area contributed by atoms with E-state index in [9.17, 15) is 9.59 Å². The number of rotatable bonds is 10. The maximum Gasteiger partial charge on any atom is 0.262 e. The molecule has 0 bridgehead atoms. The average molecular weight is 518 g/mol. The molecule has 0 radical (unpaired) electrons. The molecule has 2 atom stereocenters. The first-order valence-corrected chi connectivity index (χ1v) is 12.8. The molecule has 3 aromatic rings. The van der Waals surface area contributed by atoms with Gasteiger partial charge in [0.25, 0.3) is 11.8 Å². The Morgan fingerprint density at radius 2 is 1.68 bits per heavy atom. The van der Waals surface area contributed by atoms with Crippen LogP contribution in [0.3, 0.4) is 0 Å². The molecule has 38 heavy (non-hydrogen) atoms. The van der Waals surface area contributed by atoms with Crippen LogP contribution in [0.5, 0.6) is 17.2 Å². The number of ether oxygens (including phenoxy) is 3. The second-order valence-corrected chi connectivity index (χ2v) is 9.37. The summed E-state index contributed by atoms with van der Waals surface area (Å²) in [4.78, 5) is 28.2. The van der Waals surface area contributed by atoms with E-state index in [1.54, 1.807) is 44.6 Å². The number of nitrogens with two attached hydrogens (primary N) is 1. The summed E-state index contributed by atoms with van der Waals surface area (Å²) in [6.07, 6.45) is 3.79. The lowest BCUT2D eigenvalue weighted by atomic mass is 9.89. The maximum absolute atomic E-state index is 13.8. The molecule has 4 rings (SSSR count). The molecule has 0 saturated heterocycles. The summed E-state index contributed by atoms with van der Waals surface area (Å²) in [6, 6.07) is 21.7. The average Bonchev–Trinajstić information content (AvgIpc) is 2.95. The first-order valence-electron chi connectivity index (χ1n) is 12.8. The summed E-state index contributed by atoms with van der Waals surface area (Å²) < 4.78 is 16.3. The maximum atomic E-state index is 13.8. The Labute approximate surface area is 223 Å². The molecule has 0 spiro atoms. The summed E-state index contributed by atoms with van der Waals surface area (Å²) in [6.45, 7) is 0.255. The molecule has 3 aromatic carbocycles. The summed E-state index contributed by atoms with van der Waals surface area (Å²) in [7, 11) is 3.11. The van der Waals surface area contributed by atoms with Gasteiger partial charge >= 0.3 is 0 Å². The van der Waals surface area contributed by atoms with Crippen molar-refractivity contribution in [3.63, 3.8) is 0 Å². The molecular weight excluding hydrogens is 482 g/mol. The topological polar surface area (TPSA) is 103 Å². The number of hydrogen-bond acceptors (Lipinski definition) is 6. The third kappa shape index (κ3) is 6.83. The highest BCUT2D eigenvalue weighted by molar-refractivity contribution is 5.95. The van der Waals surface area contributed by atoms with Crippen molar-refractivity contribution in [2.45, 2.75) is 44.3 Å². The number of amides is 2. The van der Waals surface area contributed by atoms with Gasteiger partial charge in [-0.2, -0.15) is 0 Å². The number of anilines is 1. The van der Waals surface area contributed by atoms with Crippen LogP contribution in [0.25, 0.3) is 0 Å². The third-order valence-corrected chi connectivity index (χ3v) is 6.75. The van der Waals surface area contributed by atoms with Gasteiger partial charge in [0.2, 0.25) is 0 Å². The Bertz CT molecular complexity index is 1230. The predicted molar refractivity (Wildman–Crippen MR) is 147 cm³/mol. The minimum absolute atomic E-state index is 0.0955. The number of nitrogens with one attached hydrogen (secondary N) is 1. The molecule has 8 nitrogen and oxygen atoms in total. The number of methoxy groups -OCH3 is 2. The van der Waals surface area contributed by atoms with Crippen LogP contribution < -0.4 is 25.3 Å². The molecule has 0 heterocycles. The number of carbonyl (C=O) groups excluding carboxylic acids is 2. The highest BCUT2D eigenvalue weighted by Gasteiger charge is 2.32. The number of para-hydroxylation sites is 1. The Kier molecular flexibility index (Phi) is 9.21. The zero-order chi connectivity index (χ0) is 26.9. The summed E-state index contributed by atoms with van der Waals surface area (Å²) in [5.41, 5.74) is 8.54. The molecule has 2 amide bonds. The van der Waals surface area contributed by atoms with Crippen molar-refractivity contribution >= 4 is 17.5 Å². The molecule has 1 aliphatic carbocycles. The van der Waals surface area contributed by atoms with Gasteiger partial charge in [0.15, 0.2) is 18.1 Å². The van der Waals surface area contributed by atoms with Gasteiger partial charge < -0.3 is 30.2 Å².